The topological polar surface area (TPSA) is 103 Å². The van der Waals surface area contributed by atoms with Gasteiger partial charge < -0.3 is 13.7 Å². The van der Waals surface area contributed by atoms with Crippen LogP contribution in [-0.2, 0) is 21.8 Å². The van der Waals surface area contributed by atoms with Crippen LogP contribution in [0.2, 0.25) is 0 Å². The first-order valence-electron chi connectivity index (χ1n) is 9.48. The summed E-state index contributed by atoms with van der Waals surface area (Å²) in [6, 6.07) is 5.16. The first-order valence-corrected chi connectivity index (χ1v) is 11.1. The van der Waals surface area contributed by atoms with Gasteiger partial charge in [-0.1, -0.05) is 0 Å². The van der Waals surface area contributed by atoms with E-state index in [-0.39, 0.29) is 17.2 Å². The molecule has 0 spiro atoms. The van der Waals surface area contributed by atoms with Crippen LogP contribution in [0.1, 0.15) is 30.7 Å². The fraction of sp³-hybridized carbons (Fsp3) is 0.400. The lowest BCUT2D eigenvalue weighted by molar-refractivity contribution is 0.191. The highest BCUT2D eigenvalue weighted by atomic mass is 32.2. The monoisotopic (exact) mass is 417 g/mol. The number of anilines is 1. The van der Waals surface area contributed by atoms with Crippen molar-refractivity contribution in [2.24, 2.45) is 7.05 Å². The standard InChI is InChI=1S/C20H23N3O5S/c1-4-29(25,26)22-15-8-16(14-7-12(2)20(24)23(3)10-14)18-17(9-15)21-19(28-18)13-5-6-27-11-13/h7-10,13,22H,4-6,11H2,1-3H3. The molecule has 1 aromatic carbocycles. The Labute approximate surface area is 168 Å². The largest absolute Gasteiger partial charge is 0.440 e. The van der Waals surface area contributed by atoms with Crippen molar-refractivity contribution in [2.45, 2.75) is 26.2 Å². The second-order valence-corrected chi connectivity index (χ2v) is 9.33. The summed E-state index contributed by atoms with van der Waals surface area (Å²) in [5, 5.41) is 0. The molecule has 1 aliphatic rings. The minimum atomic E-state index is -3.46. The highest BCUT2D eigenvalue weighted by Crippen LogP contribution is 2.36. The van der Waals surface area contributed by atoms with Crippen molar-refractivity contribution in [3.63, 3.8) is 0 Å². The number of aromatic nitrogens is 2. The van der Waals surface area contributed by atoms with Gasteiger partial charge in [-0.3, -0.25) is 9.52 Å². The van der Waals surface area contributed by atoms with Crippen LogP contribution < -0.4 is 10.3 Å². The van der Waals surface area contributed by atoms with Gasteiger partial charge in [-0.25, -0.2) is 13.4 Å². The van der Waals surface area contributed by atoms with Gasteiger partial charge in [0.2, 0.25) is 15.9 Å². The summed E-state index contributed by atoms with van der Waals surface area (Å²) in [5.41, 5.74) is 3.44. The summed E-state index contributed by atoms with van der Waals surface area (Å²) < 4.78 is 39.8. The number of benzene rings is 1. The van der Waals surface area contributed by atoms with Crippen LogP contribution in [-0.4, -0.2) is 36.9 Å². The van der Waals surface area contributed by atoms with E-state index in [1.54, 1.807) is 45.3 Å². The molecule has 0 amide bonds. The Morgan fingerprint density at radius 3 is 2.76 bits per heavy atom. The van der Waals surface area contributed by atoms with Gasteiger partial charge in [0.05, 0.1) is 24.0 Å². The Balaban J connectivity index is 1.93. The molecule has 154 valence electrons. The van der Waals surface area contributed by atoms with Crippen LogP contribution in [0.4, 0.5) is 5.69 Å². The Morgan fingerprint density at radius 1 is 1.31 bits per heavy atom. The van der Waals surface area contributed by atoms with Gasteiger partial charge in [0.15, 0.2) is 5.58 Å². The number of fused-ring (bicyclic) bond motifs is 1. The summed E-state index contributed by atoms with van der Waals surface area (Å²) in [5.74, 6) is 0.617. The second kappa shape index (κ2) is 7.31. The molecule has 0 saturated carbocycles. The fourth-order valence-electron chi connectivity index (χ4n) is 3.50. The number of pyridine rings is 1. The molecule has 1 atom stereocenters. The average molecular weight is 417 g/mol. The van der Waals surface area contributed by atoms with Crippen molar-refractivity contribution in [3.8, 4) is 11.1 Å². The lowest BCUT2D eigenvalue weighted by atomic mass is 10.0. The summed E-state index contributed by atoms with van der Waals surface area (Å²) in [6.07, 6.45) is 2.54. The van der Waals surface area contributed by atoms with Gasteiger partial charge >= 0.3 is 0 Å². The number of sulfonamides is 1. The smallest absolute Gasteiger partial charge is 0.253 e. The van der Waals surface area contributed by atoms with Crippen LogP contribution in [0.5, 0.6) is 0 Å². The first-order chi connectivity index (χ1) is 13.8. The van der Waals surface area contributed by atoms with E-state index >= 15 is 0 Å². The summed E-state index contributed by atoms with van der Waals surface area (Å²) in [6.45, 7) is 4.54. The Bertz CT molecular complexity index is 1210. The first kappa shape index (κ1) is 19.7. The summed E-state index contributed by atoms with van der Waals surface area (Å²) >= 11 is 0. The van der Waals surface area contributed by atoms with E-state index in [4.69, 9.17) is 9.15 Å². The molecule has 2 aromatic heterocycles. The quantitative estimate of drug-likeness (QED) is 0.685. The third-order valence-electron chi connectivity index (χ3n) is 5.11. The third-order valence-corrected chi connectivity index (χ3v) is 6.42. The van der Waals surface area contributed by atoms with E-state index in [9.17, 15) is 13.2 Å². The molecule has 0 radical (unpaired) electrons. The van der Waals surface area contributed by atoms with Crippen molar-refractivity contribution in [1.82, 2.24) is 9.55 Å². The number of hydrogen-bond acceptors (Lipinski definition) is 6. The van der Waals surface area contributed by atoms with Crippen molar-refractivity contribution in [3.05, 3.63) is 46.2 Å². The maximum atomic E-state index is 12.1. The van der Waals surface area contributed by atoms with Crippen LogP contribution in [0.3, 0.4) is 0 Å². The lowest BCUT2D eigenvalue weighted by Gasteiger charge is -2.10. The third kappa shape index (κ3) is 3.79. The van der Waals surface area contributed by atoms with Crippen molar-refractivity contribution in [2.75, 3.05) is 23.7 Å². The van der Waals surface area contributed by atoms with E-state index < -0.39 is 10.0 Å². The van der Waals surface area contributed by atoms with E-state index in [0.29, 0.717) is 47.0 Å². The predicted octanol–water partition coefficient (Wildman–Crippen LogP) is 2.77. The van der Waals surface area contributed by atoms with Crippen molar-refractivity contribution >= 4 is 26.8 Å². The average Bonchev–Trinajstić information content (AvgIpc) is 3.34. The van der Waals surface area contributed by atoms with Crippen molar-refractivity contribution in [1.29, 1.82) is 0 Å². The van der Waals surface area contributed by atoms with E-state index in [1.165, 1.54) is 4.57 Å². The molecule has 9 heteroatoms. The Morgan fingerprint density at radius 2 is 2.10 bits per heavy atom. The molecular weight excluding hydrogens is 394 g/mol. The number of rotatable bonds is 5. The molecular formula is C20H23N3O5S. The zero-order valence-corrected chi connectivity index (χ0v) is 17.4. The van der Waals surface area contributed by atoms with Gasteiger partial charge in [-0.05, 0) is 38.5 Å². The van der Waals surface area contributed by atoms with Gasteiger partial charge in [0.1, 0.15) is 5.52 Å². The van der Waals surface area contributed by atoms with Gasteiger partial charge in [-0.2, -0.15) is 0 Å². The number of ether oxygens (including phenoxy) is 1. The van der Waals surface area contributed by atoms with Crippen LogP contribution in [0, 0.1) is 6.92 Å². The molecule has 3 aromatic rings. The summed E-state index contributed by atoms with van der Waals surface area (Å²) in [7, 11) is -1.77. The number of nitrogens with zero attached hydrogens (tertiary/aromatic N) is 2. The normalized spacial score (nSPS) is 17.1. The molecule has 1 N–H and O–H groups in total. The number of oxazole rings is 1. The molecule has 29 heavy (non-hydrogen) atoms. The molecule has 1 aliphatic heterocycles. The number of aryl methyl sites for hydroxylation is 2. The van der Waals surface area contributed by atoms with E-state index in [1.807, 2.05) is 0 Å². The van der Waals surface area contributed by atoms with Gasteiger partial charge in [0, 0.05) is 36.5 Å². The molecule has 1 fully saturated rings. The molecule has 3 heterocycles. The zero-order valence-electron chi connectivity index (χ0n) is 16.6. The van der Waals surface area contributed by atoms with Crippen LogP contribution >= 0.6 is 0 Å². The summed E-state index contributed by atoms with van der Waals surface area (Å²) in [4.78, 5) is 16.7. The second-order valence-electron chi connectivity index (χ2n) is 7.32. The Hall–Kier alpha value is -2.65. The maximum Gasteiger partial charge on any atom is 0.253 e. The highest BCUT2D eigenvalue weighted by molar-refractivity contribution is 7.92. The molecule has 4 rings (SSSR count). The maximum absolute atomic E-state index is 12.1. The predicted molar refractivity (Wildman–Crippen MR) is 111 cm³/mol. The van der Waals surface area contributed by atoms with Crippen molar-refractivity contribution < 1.29 is 17.6 Å². The van der Waals surface area contributed by atoms with E-state index in [0.717, 1.165) is 12.0 Å². The minimum Gasteiger partial charge on any atom is -0.440 e. The number of hydrogen-bond donors (Lipinski definition) is 1. The number of nitrogens with one attached hydrogen (secondary N) is 1. The van der Waals surface area contributed by atoms with Gasteiger partial charge in [0.25, 0.3) is 5.56 Å². The van der Waals surface area contributed by atoms with Gasteiger partial charge in [-0.15, -0.1) is 0 Å². The lowest BCUT2D eigenvalue weighted by Crippen LogP contribution is -2.18. The van der Waals surface area contributed by atoms with Crippen LogP contribution in [0.15, 0.2) is 33.6 Å². The highest BCUT2D eigenvalue weighted by Gasteiger charge is 2.25. The SMILES string of the molecule is CCS(=O)(=O)Nc1cc(-c2cc(C)c(=O)n(C)c2)c2oc(C3CCOC3)nc2c1. The molecule has 0 bridgehead atoms. The van der Waals surface area contributed by atoms with Crippen LogP contribution in [0.25, 0.3) is 22.2 Å². The fourth-order valence-corrected chi connectivity index (χ4v) is 4.13. The molecule has 0 aliphatic carbocycles. The van der Waals surface area contributed by atoms with E-state index in [2.05, 4.69) is 9.71 Å². The molecule has 1 unspecified atom stereocenters. The minimum absolute atomic E-state index is 0.0389. The molecule has 8 nitrogen and oxygen atoms in total. The molecule has 1 saturated heterocycles. The Kier molecular flexibility index (Phi) is 4.95. The zero-order chi connectivity index (χ0) is 20.8.